The van der Waals surface area contributed by atoms with Gasteiger partial charge in [0.2, 0.25) is 0 Å². The van der Waals surface area contributed by atoms with Crippen LogP contribution < -0.4 is 5.56 Å². The lowest BCUT2D eigenvalue weighted by atomic mass is 10.3. The second-order valence-electron chi connectivity index (χ2n) is 3.60. The van der Waals surface area contributed by atoms with Gasteiger partial charge in [-0.05, 0) is 29.5 Å². The van der Waals surface area contributed by atoms with Crippen LogP contribution in [0.1, 0.15) is 11.3 Å². The van der Waals surface area contributed by atoms with Crippen LogP contribution in [0.2, 0.25) is 0 Å². The summed E-state index contributed by atoms with van der Waals surface area (Å²) in [6.07, 6.45) is 5.21. The first-order valence-corrected chi connectivity index (χ1v) is 5.85. The van der Waals surface area contributed by atoms with E-state index < -0.39 is 0 Å². The third-order valence-electron chi connectivity index (χ3n) is 2.27. The standard InChI is InChI=1S/C10H11IN4O/c1-7-9(11)10(16)15(6-12-7)5-8-3-13-14(2)4-8/h3-4,6H,5H2,1-2H3. The highest BCUT2D eigenvalue weighted by molar-refractivity contribution is 14.1. The molecule has 0 amide bonds. The first kappa shape index (κ1) is 11.3. The van der Waals surface area contributed by atoms with Gasteiger partial charge in [-0.25, -0.2) is 4.98 Å². The number of hydrogen-bond acceptors (Lipinski definition) is 3. The van der Waals surface area contributed by atoms with Crippen molar-refractivity contribution in [2.24, 2.45) is 7.05 Å². The van der Waals surface area contributed by atoms with Crippen LogP contribution in [0.25, 0.3) is 0 Å². The molecule has 0 aliphatic heterocycles. The lowest BCUT2D eigenvalue weighted by Gasteiger charge is -2.04. The molecule has 0 aromatic carbocycles. The second-order valence-corrected chi connectivity index (χ2v) is 4.68. The van der Waals surface area contributed by atoms with Crippen molar-refractivity contribution in [1.29, 1.82) is 0 Å². The van der Waals surface area contributed by atoms with Crippen LogP contribution in [-0.2, 0) is 13.6 Å². The zero-order chi connectivity index (χ0) is 11.7. The van der Waals surface area contributed by atoms with E-state index >= 15 is 0 Å². The summed E-state index contributed by atoms with van der Waals surface area (Å²) in [5.41, 5.74) is 1.76. The number of aromatic nitrogens is 4. The number of nitrogens with zero attached hydrogens (tertiary/aromatic N) is 4. The number of rotatable bonds is 2. The van der Waals surface area contributed by atoms with E-state index in [-0.39, 0.29) is 5.56 Å². The summed E-state index contributed by atoms with van der Waals surface area (Å²) < 4.78 is 3.97. The monoisotopic (exact) mass is 330 g/mol. The predicted molar refractivity (Wildman–Crippen MR) is 68.3 cm³/mol. The first-order chi connectivity index (χ1) is 7.58. The summed E-state index contributed by atoms with van der Waals surface area (Å²) >= 11 is 2.03. The van der Waals surface area contributed by atoms with Crippen LogP contribution in [0.4, 0.5) is 0 Å². The number of halogens is 1. The molecule has 2 aromatic rings. The minimum Gasteiger partial charge on any atom is -0.294 e. The van der Waals surface area contributed by atoms with E-state index in [9.17, 15) is 4.79 Å². The van der Waals surface area contributed by atoms with Gasteiger partial charge in [-0.3, -0.25) is 14.0 Å². The molecular weight excluding hydrogens is 319 g/mol. The molecule has 0 aliphatic carbocycles. The topological polar surface area (TPSA) is 52.7 Å². The highest BCUT2D eigenvalue weighted by Crippen LogP contribution is 2.03. The Morgan fingerprint density at radius 2 is 2.25 bits per heavy atom. The second kappa shape index (κ2) is 4.36. The van der Waals surface area contributed by atoms with Crippen LogP contribution in [0.15, 0.2) is 23.5 Å². The van der Waals surface area contributed by atoms with Crippen LogP contribution >= 0.6 is 22.6 Å². The van der Waals surface area contributed by atoms with E-state index in [1.165, 1.54) is 0 Å². The van der Waals surface area contributed by atoms with E-state index in [0.29, 0.717) is 10.1 Å². The smallest absolute Gasteiger partial charge is 0.267 e. The number of aryl methyl sites for hydroxylation is 2. The van der Waals surface area contributed by atoms with Crippen LogP contribution in [0.3, 0.4) is 0 Å². The average Bonchev–Trinajstić information content (AvgIpc) is 2.65. The maximum absolute atomic E-state index is 11.9. The largest absolute Gasteiger partial charge is 0.294 e. The van der Waals surface area contributed by atoms with Gasteiger partial charge in [0.1, 0.15) is 0 Å². The Hall–Kier alpha value is -1.18. The van der Waals surface area contributed by atoms with Crippen molar-refractivity contribution >= 4 is 22.6 Å². The molecule has 0 fully saturated rings. The van der Waals surface area contributed by atoms with Crippen molar-refractivity contribution < 1.29 is 0 Å². The molecule has 0 atom stereocenters. The number of hydrogen-bond donors (Lipinski definition) is 0. The van der Waals surface area contributed by atoms with Crippen molar-refractivity contribution in [2.75, 3.05) is 0 Å². The van der Waals surface area contributed by atoms with E-state index in [2.05, 4.69) is 10.1 Å². The molecule has 16 heavy (non-hydrogen) atoms. The van der Waals surface area contributed by atoms with Crippen LogP contribution in [0, 0.1) is 10.5 Å². The maximum atomic E-state index is 11.9. The van der Waals surface area contributed by atoms with Crippen LogP contribution in [0.5, 0.6) is 0 Å². The fraction of sp³-hybridized carbons (Fsp3) is 0.300. The summed E-state index contributed by atoms with van der Waals surface area (Å²) in [7, 11) is 1.85. The molecule has 84 valence electrons. The Morgan fingerprint density at radius 1 is 1.50 bits per heavy atom. The molecule has 0 radical (unpaired) electrons. The quantitative estimate of drug-likeness (QED) is 0.770. The molecule has 6 heteroatoms. The van der Waals surface area contributed by atoms with Gasteiger partial charge in [0.15, 0.2) is 0 Å². The fourth-order valence-corrected chi connectivity index (χ4v) is 1.86. The Morgan fingerprint density at radius 3 is 2.88 bits per heavy atom. The molecule has 0 N–H and O–H groups in total. The molecule has 2 aromatic heterocycles. The molecule has 5 nitrogen and oxygen atoms in total. The van der Waals surface area contributed by atoms with Gasteiger partial charge < -0.3 is 0 Å². The highest BCUT2D eigenvalue weighted by atomic mass is 127. The molecule has 0 bridgehead atoms. The van der Waals surface area contributed by atoms with Crippen LogP contribution in [-0.4, -0.2) is 19.3 Å². The van der Waals surface area contributed by atoms with Crippen molar-refractivity contribution in [1.82, 2.24) is 19.3 Å². The van der Waals surface area contributed by atoms with Crippen molar-refractivity contribution in [3.05, 3.63) is 43.9 Å². The van der Waals surface area contributed by atoms with Crippen molar-refractivity contribution in [2.45, 2.75) is 13.5 Å². The fourth-order valence-electron chi connectivity index (χ4n) is 1.41. The summed E-state index contributed by atoms with van der Waals surface area (Å²) in [5, 5.41) is 4.06. The Balaban J connectivity index is 2.36. The van der Waals surface area contributed by atoms with Gasteiger partial charge in [0.25, 0.3) is 5.56 Å². The summed E-state index contributed by atoms with van der Waals surface area (Å²) in [4.78, 5) is 16.1. The van der Waals surface area contributed by atoms with Crippen molar-refractivity contribution in [3.8, 4) is 0 Å². The van der Waals surface area contributed by atoms with Crippen molar-refractivity contribution in [3.63, 3.8) is 0 Å². The lowest BCUT2D eigenvalue weighted by molar-refractivity contribution is 0.720. The summed E-state index contributed by atoms with van der Waals surface area (Å²) in [5.74, 6) is 0. The Bertz CT molecular complexity index is 572. The van der Waals surface area contributed by atoms with Gasteiger partial charge in [0, 0.05) is 18.8 Å². The summed E-state index contributed by atoms with van der Waals surface area (Å²) in [6, 6.07) is 0. The van der Waals surface area contributed by atoms with Gasteiger partial charge in [0.05, 0.1) is 28.3 Å². The molecule has 0 saturated heterocycles. The summed E-state index contributed by atoms with van der Waals surface area (Å²) in [6.45, 7) is 2.34. The molecule has 2 heterocycles. The minimum absolute atomic E-state index is 0.00282. The zero-order valence-corrected chi connectivity index (χ0v) is 11.2. The maximum Gasteiger partial charge on any atom is 0.267 e. The SMILES string of the molecule is Cc1ncn(Cc2cnn(C)c2)c(=O)c1I. The average molecular weight is 330 g/mol. The normalized spacial score (nSPS) is 10.7. The Kier molecular flexibility index (Phi) is 3.08. The van der Waals surface area contributed by atoms with E-state index in [4.69, 9.17) is 0 Å². The molecule has 0 unspecified atom stereocenters. The molecule has 2 rings (SSSR count). The van der Waals surface area contributed by atoms with E-state index in [1.807, 2.05) is 42.8 Å². The minimum atomic E-state index is -0.00282. The third kappa shape index (κ3) is 2.16. The van der Waals surface area contributed by atoms with E-state index in [0.717, 1.165) is 11.3 Å². The first-order valence-electron chi connectivity index (χ1n) is 4.77. The molecule has 0 saturated carbocycles. The Labute approximate surface area is 106 Å². The van der Waals surface area contributed by atoms with Gasteiger partial charge in [-0.1, -0.05) is 0 Å². The lowest BCUT2D eigenvalue weighted by Crippen LogP contribution is -2.24. The molecule has 0 aliphatic rings. The molecular formula is C10H11IN4O. The third-order valence-corrected chi connectivity index (χ3v) is 3.51. The van der Waals surface area contributed by atoms with Gasteiger partial charge >= 0.3 is 0 Å². The zero-order valence-electron chi connectivity index (χ0n) is 9.01. The van der Waals surface area contributed by atoms with E-state index in [1.54, 1.807) is 21.8 Å². The predicted octanol–water partition coefficient (Wildman–Crippen LogP) is 0.938. The van der Waals surface area contributed by atoms with Gasteiger partial charge in [-0.2, -0.15) is 5.10 Å². The molecule has 0 spiro atoms. The van der Waals surface area contributed by atoms with Gasteiger partial charge in [-0.15, -0.1) is 0 Å². The highest BCUT2D eigenvalue weighted by Gasteiger charge is 2.06.